The minimum absolute atomic E-state index is 0.279. The Hall–Kier alpha value is -2.57. The van der Waals surface area contributed by atoms with Gasteiger partial charge in [0.25, 0.3) is 5.91 Å². The molecule has 0 aliphatic rings. The summed E-state index contributed by atoms with van der Waals surface area (Å²) in [7, 11) is 0. The van der Waals surface area contributed by atoms with Gasteiger partial charge in [0.05, 0.1) is 12.2 Å². The number of amides is 1. The molecule has 3 nitrogen and oxygen atoms in total. The van der Waals surface area contributed by atoms with Crippen molar-refractivity contribution in [3.63, 3.8) is 0 Å². The maximum Gasteiger partial charge on any atom is 0.258 e. The topological polar surface area (TPSA) is 38.3 Å². The Morgan fingerprint density at radius 3 is 2.21 bits per heavy atom. The van der Waals surface area contributed by atoms with Gasteiger partial charge >= 0.3 is 0 Å². The van der Waals surface area contributed by atoms with Crippen molar-refractivity contribution >= 4 is 11.6 Å². The summed E-state index contributed by atoms with van der Waals surface area (Å²) in [5, 5.41) is 2.31. The smallest absolute Gasteiger partial charge is 0.258 e. The van der Waals surface area contributed by atoms with E-state index in [9.17, 15) is 22.4 Å². The molecule has 0 radical (unpaired) electrons. The van der Waals surface area contributed by atoms with Gasteiger partial charge in [0.2, 0.25) is 0 Å². The first kappa shape index (κ1) is 21.7. The molecule has 152 valence electrons. The van der Waals surface area contributed by atoms with Crippen LogP contribution in [-0.2, 0) is 0 Å². The number of halogens is 4. The molecule has 1 N–H and O–H groups in total. The van der Waals surface area contributed by atoms with E-state index < -0.39 is 34.7 Å². The number of ether oxygens (including phenoxy) is 1. The molecule has 2 aromatic carbocycles. The highest BCUT2D eigenvalue weighted by atomic mass is 19.2. The number of hydrogen-bond donors (Lipinski definition) is 1. The van der Waals surface area contributed by atoms with Crippen molar-refractivity contribution in [1.29, 1.82) is 0 Å². The van der Waals surface area contributed by atoms with Crippen LogP contribution in [0.25, 0.3) is 0 Å². The third-order valence-electron chi connectivity index (χ3n) is 4.23. The first-order valence-electron chi connectivity index (χ1n) is 9.31. The second kappa shape index (κ2) is 10.7. The van der Waals surface area contributed by atoms with E-state index in [2.05, 4.69) is 12.2 Å². The molecule has 0 heterocycles. The molecule has 0 fully saturated rings. The molecule has 2 aromatic rings. The summed E-state index contributed by atoms with van der Waals surface area (Å²) in [6.07, 6.45) is 6.91. The second-order valence-electron chi connectivity index (χ2n) is 6.44. The average molecular weight is 397 g/mol. The number of anilines is 1. The number of unbranched alkanes of at least 4 members (excludes halogenated alkanes) is 5. The number of rotatable bonds is 10. The van der Waals surface area contributed by atoms with Crippen LogP contribution in [0, 0.1) is 23.3 Å². The second-order valence-corrected chi connectivity index (χ2v) is 6.44. The molecule has 0 spiro atoms. The average Bonchev–Trinajstić information content (AvgIpc) is 2.69. The monoisotopic (exact) mass is 397 g/mol. The molecule has 0 aliphatic heterocycles. The Morgan fingerprint density at radius 2 is 1.54 bits per heavy atom. The van der Waals surface area contributed by atoms with Crippen LogP contribution in [0.1, 0.15) is 55.8 Å². The van der Waals surface area contributed by atoms with Crippen molar-refractivity contribution in [2.45, 2.75) is 45.4 Å². The molecule has 1 amide bonds. The van der Waals surface area contributed by atoms with Gasteiger partial charge in [-0.1, -0.05) is 39.0 Å². The summed E-state index contributed by atoms with van der Waals surface area (Å²) in [4.78, 5) is 12.0. The van der Waals surface area contributed by atoms with Crippen LogP contribution in [0.15, 0.2) is 30.3 Å². The first-order valence-corrected chi connectivity index (χ1v) is 9.31. The van der Waals surface area contributed by atoms with Crippen molar-refractivity contribution in [2.24, 2.45) is 0 Å². The van der Waals surface area contributed by atoms with Crippen LogP contribution in [0.3, 0.4) is 0 Å². The summed E-state index contributed by atoms with van der Waals surface area (Å²) in [5.41, 5.74) is -0.638. The number of nitrogens with one attached hydrogen (secondary N) is 1. The maximum absolute atomic E-state index is 13.7. The Bertz CT molecular complexity index is 794. The van der Waals surface area contributed by atoms with E-state index in [-0.39, 0.29) is 5.69 Å². The number of carbonyl (C=O) groups excluding carboxylic acids is 1. The van der Waals surface area contributed by atoms with E-state index in [1.54, 1.807) is 12.1 Å². The van der Waals surface area contributed by atoms with E-state index in [0.29, 0.717) is 18.4 Å². The van der Waals surface area contributed by atoms with Crippen LogP contribution in [0.4, 0.5) is 23.2 Å². The Kier molecular flexibility index (Phi) is 8.29. The largest absolute Gasteiger partial charge is 0.494 e. The van der Waals surface area contributed by atoms with Crippen LogP contribution in [-0.4, -0.2) is 12.5 Å². The van der Waals surface area contributed by atoms with E-state index in [1.807, 2.05) is 0 Å². The highest BCUT2D eigenvalue weighted by molar-refractivity contribution is 6.04. The number of benzene rings is 2. The Morgan fingerprint density at radius 1 is 0.893 bits per heavy atom. The molecule has 0 aromatic heterocycles. The van der Waals surface area contributed by atoms with Crippen LogP contribution in [0.2, 0.25) is 0 Å². The molecule has 0 bridgehead atoms. The van der Waals surface area contributed by atoms with Gasteiger partial charge in [-0.05, 0) is 36.8 Å². The lowest BCUT2D eigenvalue weighted by Gasteiger charge is -2.09. The third-order valence-corrected chi connectivity index (χ3v) is 4.23. The van der Waals surface area contributed by atoms with Crippen LogP contribution < -0.4 is 10.1 Å². The van der Waals surface area contributed by atoms with Gasteiger partial charge in [-0.15, -0.1) is 0 Å². The normalized spacial score (nSPS) is 10.8. The lowest BCUT2D eigenvalue weighted by atomic mass is 10.1. The summed E-state index contributed by atoms with van der Waals surface area (Å²) < 4.78 is 58.7. The lowest BCUT2D eigenvalue weighted by molar-refractivity contribution is 0.102. The van der Waals surface area contributed by atoms with Gasteiger partial charge in [-0.3, -0.25) is 4.79 Å². The fraction of sp³-hybridized carbons (Fsp3) is 0.381. The van der Waals surface area contributed by atoms with Crippen molar-refractivity contribution in [1.82, 2.24) is 0 Å². The molecular formula is C21H23F4NO2. The fourth-order valence-corrected chi connectivity index (χ4v) is 2.64. The minimum atomic E-state index is -2.02. The molecule has 0 atom stereocenters. The van der Waals surface area contributed by atoms with Crippen molar-refractivity contribution < 1.29 is 27.1 Å². The van der Waals surface area contributed by atoms with Gasteiger partial charge < -0.3 is 10.1 Å². The minimum Gasteiger partial charge on any atom is -0.494 e. The summed E-state index contributed by atoms with van der Waals surface area (Å²) in [6.45, 7) is 2.75. The van der Waals surface area contributed by atoms with Gasteiger partial charge in [0, 0.05) is 5.69 Å². The molecular weight excluding hydrogens is 374 g/mol. The molecule has 0 unspecified atom stereocenters. The van der Waals surface area contributed by atoms with Gasteiger partial charge in [-0.25, -0.2) is 17.6 Å². The zero-order valence-electron chi connectivity index (χ0n) is 15.7. The van der Waals surface area contributed by atoms with Crippen LogP contribution in [0.5, 0.6) is 5.75 Å². The zero-order valence-corrected chi connectivity index (χ0v) is 15.7. The SMILES string of the molecule is CCCCCCCCOc1ccc(NC(=O)c2cc(F)c(F)c(F)c2F)cc1. The standard InChI is InChI=1S/C21H23F4NO2/c1-2-3-4-5-6-7-12-28-15-10-8-14(9-11-15)26-21(27)16-13-17(22)19(24)20(25)18(16)23/h8-11,13H,2-7,12H2,1H3,(H,26,27). The molecule has 0 saturated heterocycles. The molecule has 7 heteroatoms. The number of carbonyl (C=O) groups is 1. The van der Waals surface area contributed by atoms with E-state index >= 15 is 0 Å². The Balaban J connectivity index is 1.86. The quantitative estimate of drug-likeness (QED) is 0.223. The van der Waals surface area contributed by atoms with Gasteiger partial charge in [0.15, 0.2) is 23.3 Å². The predicted octanol–water partition coefficient (Wildman–Crippen LogP) is 6.23. The highest BCUT2D eigenvalue weighted by Gasteiger charge is 2.23. The molecule has 0 aliphatic carbocycles. The first-order chi connectivity index (χ1) is 13.4. The highest BCUT2D eigenvalue weighted by Crippen LogP contribution is 2.21. The third kappa shape index (κ3) is 5.97. The summed E-state index contributed by atoms with van der Waals surface area (Å²) in [6, 6.07) is 6.59. The predicted molar refractivity (Wildman–Crippen MR) is 99.5 cm³/mol. The van der Waals surface area contributed by atoms with E-state index in [0.717, 1.165) is 12.8 Å². The maximum atomic E-state index is 13.7. The van der Waals surface area contributed by atoms with Gasteiger partial charge in [-0.2, -0.15) is 0 Å². The summed E-state index contributed by atoms with van der Waals surface area (Å²) >= 11 is 0. The fourth-order valence-electron chi connectivity index (χ4n) is 2.64. The molecule has 2 rings (SSSR count). The van der Waals surface area contributed by atoms with Crippen molar-refractivity contribution in [3.05, 3.63) is 59.2 Å². The lowest BCUT2D eigenvalue weighted by Crippen LogP contribution is -2.16. The summed E-state index contributed by atoms with van der Waals surface area (Å²) in [5.74, 6) is -7.84. The molecule has 0 saturated carbocycles. The Labute approximate surface area is 161 Å². The van der Waals surface area contributed by atoms with Crippen molar-refractivity contribution in [3.8, 4) is 5.75 Å². The van der Waals surface area contributed by atoms with Crippen molar-refractivity contribution in [2.75, 3.05) is 11.9 Å². The zero-order chi connectivity index (χ0) is 20.5. The van der Waals surface area contributed by atoms with Crippen LogP contribution >= 0.6 is 0 Å². The van der Waals surface area contributed by atoms with E-state index in [1.165, 1.54) is 37.8 Å². The van der Waals surface area contributed by atoms with Gasteiger partial charge in [0.1, 0.15) is 5.75 Å². The van der Waals surface area contributed by atoms with E-state index in [4.69, 9.17) is 4.74 Å². The molecule has 28 heavy (non-hydrogen) atoms. The number of hydrogen-bond acceptors (Lipinski definition) is 2.